The van der Waals surface area contributed by atoms with Crippen LogP contribution in [0, 0.1) is 5.41 Å². The first-order valence-electron chi connectivity index (χ1n) is 5.97. The maximum absolute atomic E-state index is 11.2. The molecule has 1 fully saturated rings. The molecule has 1 saturated carbocycles. The summed E-state index contributed by atoms with van der Waals surface area (Å²) in [5.74, 6) is 1.75. The van der Waals surface area contributed by atoms with E-state index in [1.165, 1.54) is 42.1 Å². The molecule has 1 aromatic heterocycles. The molecule has 0 spiro atoms. The van der Waals surface area contributed by atoms with Crippen molar-refractivity contribution in [2.24, 2.45) is 12.5 Å². The van der Waals surface area contributed by atoms with Crippen molar-refractivity contribution in [1.29, 1.82) is 0 Å². The molecule has 1 N–H and O–H groups in total. The second-order valence-electron chi connectivity index (χ2n) is 4.85. The van der Waals surface area contributed by atoms with Gasteiger partial charge in [-0.1, -0.05) is 24.6 Å². The number of nitrogens with zero attached hydrogens (tertiary/aromatic N) is 2. The zero-order chi connectivity index (χ0) is 13.2. The number of hydrogen-bond acceptors (Lipinski definition) is 5. The van der Waals surface area contributed by atoms with Crippen LogP contribution >= 0.6 is 24.4 Å². The SMILES string of the molecule is Cn1[nH]c(=O)c(=O)nc1SCC1(CS)CCCC1. The first-order valence-corrected chi connectivity index (χ1v) is 7.59. The minimum atomic E-state index is -0.720. The molecule has 1 aliphatic carbocycles. The predicted molar refractivity (Wildman–Crippen MR) is 75.6 cm³/mol. The molecule has 1 heterocycles. The number of aryl methyl sites for hydroxylation is 1. The standard InChI is InChI=1S/C11H17N3O2S2/c1-14-10(12-8(15)9(16)13-14)18-7-11(6-17)4-2-3-5-11/h17H,2-7H2,1H3,(H,13,16). The maximum Gasteiger partial charge on any atom is 0.339 e. The molecule has 0 bridgehead atoms. The fourth-order valence-electron chi connectivity index (χ4n) is 2.28. The molecule has 100 valence electrons. The van der Waals surface area contributed by atoms with Crippen LogP contribution in [0.5, 0.6) is 0 Å². The monoisotopic (exact) mass is 287 g/mol. The topological polar surface area (TPSA) is 67.8 Å². The Morgan fingerprint density at radius 1 is 1.44 bits per heavy atom. The van der Waals surface area contributed by atoms with Crippen LogP contribution in [0.1, 0.15) is 25.7 Å². The number of aromatic amines is 1. The first-order chi connectivity index (χ1) is 8.56. The highest BCUT2D eigenvalue weighted by Crippen LogP contribution is 2.42. The van der Waals surface area contributed by atoms with Crippen molar-refractivity contribution in [2.75, 3.05) is 11.5 Å². The molecule has 0 saturated heterocycles. The van der Waals surface area contributed by atoms with Crippen LogP contribution in [-0.2, 0) is 7.05 Å². The van der Waals surface area contributed by atoms with Gasteiger partial charge in [0.2, 0.25) is 0 Å². The Morgan fingerprint density at radius 2 is 2.11 bits per heavy atom. The zero-order valence-electron chi connectivity index (χ0n) is 10.3. The van der Waals surface area contributed by atoms with Gasteiger partial charge in [0, 0.05) is 12.8 Å². The maximum atomic E-state index is 11.2. The van der Waals surface area contributed by atoms with Crippen molar-refractivity contribution in [3.63, 3.8) is 0 Å². The van der Waals surface area contributed by atoms with Crippen LogP contribution in [0.4, 0.5) is 0 Å². The van der Waals surface area contributed by atoms with Gasteiger partial charge in [0.15, 0.2) is 5.16 Å². The molecule has 0 aromatic carbocycles. The van der Waals surface area contributed by atoms with Crippen LogP contribution in [0.15, 0.2) is 14.7 Å². The Bertz CT molecular complexity index is 532. The Labute approximate surface area is 115 Å². The highest BCUT2D eigenvalue weighted by Gasteiger charge is 2.32. The lowest BCUT2D eigenvalue weighted by Gasteiger charge is -2.26. The minimum absolute atomic E-state index is 0.252. The second-order valence-corrected chi connectivity index (χ2v) is 6.11. The van der Waals surface area contributed by atoms with Gasteiger partial charge in [-0.3, -0.25) is 19.4 Å². The van der Waals surface area contributed by atoms with Crippen molar-refractivity contribution in [3.8, 4) is 0 Å². The summed E-state index contributed by atoms with van der Waals surface area (Å²) in [5.41, 5.74) is -1.14. The van der Waals surface area contributed by atoms with Gasteiger partial charge >= 0.3 is 11.1 Å². The van der Waals surface area contributed by atoms with Crippen molar-refractivity contribution < 1.29 is 0 Å². The second kappa shape index (κ2) is 5.52. The fraction of sp³-hybridized carbons (Fsp3) is 0.727. The number of hydrogen-bond donors (Lipinski definition) is 2. The van der Waals surface area contributed by atoms with Crippen molar-refractivity contribution in [1.82, 2.24) is 14.8 Å². The van der Waals surface area contributed by atoms with E-state index >= 15 is 0 Å². The van der Waals surface area contributed by atoms with Gasteiger partial charge in [-0.15, -0.1) is 0 Å². The van der Waals surface area contributed by atoms with E-state index in [9.17, 15) is 9.59 Å². The van der Waals surface area contributed by atoms with Gasteiger partial charge in [0.05, 0.1) is 0 Å². The molecule has 0 amide bonds. The van der Waals surface area contributed by atoms with Crippen LogP contribution in [-0.4, -0.2) is 26.3 Å². The summed E-state index contributed by atoms with van der Waals surface area (Å²) in [6.07, 6.45) is 4.86. The molecular weight excluding hydrogens is 270 g/mol. The van der Waals surface area contributed by atoms with Crippen molar-refractivity contribution in [3.05, 3.63) is 20.7 Å². The predicted octanol–water partition coefficient (Wildman–Crippen LogP) is 1.05. The summed E-state index contributed by atoms with van der Waals surface area (Å²) in [6.45, 7) is 0. The summed E-state index contributed by atoms with van der Waals surface area (Å²) in [6, 6.07) is 0. The van der Waals surface area contributed by atoms with Crippen molar-refractivity contribution in [2.45, 2.75) is 30.8 Å². The van der Waals surface area contributed by atoms with E-state index in [0.29, 0.717) is 5.16 Å². The quantitative estimate of drug-likeness (QED) is 0.493. The summed E-state index contributed by atoms with van der Waals surface area (Å²) in [5, 5.41) is 3.02. The molecule has 7 heteroatoms. The lowest BCUT2D eigenvalue weighted by Crippen LogP contribution is -2.34. The van der Waals surface area contributed by atoms with E-state index in [-0.39, 0.29) is 5.41 Å². The Morgan fingerprint density at radius 3 is 2.72 bits per heavy atom. The number of H-pyrrole nitrogens is 1. The molecular formula is C11H17N3O2S2. The summed E-state index contributed by atoms with van der Waals surface area (Å²) in [7, 11) is 1.69. The summed E-state index contributed by atoms with van der Waals surface area (Å²) < 4.78 is 1.51. The van der Waals surface area contributed by atoms with Crippen LogP contribution < -0.4 is 11.1 Å². The molecule has 0 aliphatic heterocycles. The molecule has 1 aromatic rings. The van der Waals surface area contributed by atoms with E-state index in [2.05, 4.69) is 22.7 Å². The van der Waals surface area contributed by atoms with E-state index in [1.54, 1.807) is 7.05 Å². The summed E-state index contributed by atoms with van der Waals surface area (Å²) in [4.78, 5) is 26.1. The van der Waals surface area contributed by atoms with E-state index in [1.807, 2.05) is 0 Å². The highest BCUT2D eigenvalue weighted by molar-refractivity contribution is 7.99. The van der Waals surface area contributed by atoms with Gasteiger partial charge in [-0.25, -0.2) is 0 Å². The number of thiol groups is 1. The van der Waals surface area contributed by atoms with Gasteiger partial charge in [-0.05, 0) is 24.0 Å². The lowest BCUT2D eigenvalue weighted by atomic mass is 9.91. The third kappa shape index (κ3) is 2.83. The Balaban J connectivity index is 2.13. The average Bonchev–Trinajstić information content (AvgIpc) is 2.82. The molecule has 5 nitrogen and oxygen atoms in total. The van der Waals surface area contributed by atoms with Crippen LogP contribution in [0.2, 0.25) is 0 Å². The number of thioether (sulfide) groups is 1. The van der Waals surface area contributed by atoms with E-state index in [4.69, 9.17) is 0 Å². The third-order valence-corrected chi connectivity index (χ3v) is 5.51. The number of rotatable bonds is 4. The molecule has 2 rings (SSSR count). The normalized spacial score (nSPS) is 18.1. The number of nitrogens with one attached hydrogen (secondary N) is 1. The third-order valence-electron chi connectivity index (χ3n) is 3.45. The van der Waals surface area contributed by atoms with Gasteiger partial charge in [0.1, 0.15) is 0 Å². The molecule has 1 aliphatic rings. The Kier molecular flexibility index (Phi) is 4.21. The van der Waals surface area contributed by atoms with Crippen molar-refractivity contribution >= 4 is 24.4 Å². The molecule has 18 heavy (non-hydrogen) atoms. The van der Waals surface area contributed by atoms with Crippen LogP contribution in [0.3, 0.4) is 0 Å². The average molecular weight is 287 g/mol. The fourth-order valence-corrected chi connectivity index (χ4v) is 4.07. The first kappa shape index (κ1) is 13.7. The molecule has 0 unspecified atom stereocenters. The van der Waals surface area contributed by atoms with E-state index < -0.39 is 11.1 Å². The Hall–Kier alpha value is -0.690. The molecule has 0 atom stereocenters. The van der Waals surface area contributed by atoms with Gasteiger partial charge in [0.25, 0.3) is 0 Å². The number of aromatic nitrogens is 3. The zero-order valence-corrected chi connectivity index (χ0v) is 12.0. The van der Waals surface area contributed by atoms with Crippen LogP contribution in [0.25, 0.3) is 0 Å². The van der Waals surface area contributed by atoms with Gasteiger partial charge < -0.3 is 0 Å². The highest BCUT2D eigenvalue weighted by atomic mass is 32.2. The molecule has 0 radical (unpaired) electrons. The summed E-state index contributed by atoms with van der Waals surface area (Å²) >= 11 is 5.97. The minimum Gasteiger partial charge on any atom is -0.265 e. The smallest absolute Gasteiger partial charge is 0.265 e. The lowest BCUT2D eigenvalue weighted by molar-refractivity contribution is 0.402. The van der Waals surface area contributed by atoms with E-state index in [0.717, 1.165) is 11.5 Å². The largest absolute Gasteiger partial charge is 0.339 e. The van der Waals surface area contributed by atoms with Gasteiger partial charge in [-0.2, -0.15) is 17.6 Å².